The number of hydrogen-bond acceptors (Lipinski definition) is 3. The van der Waals surface area contributed by atoms with Crippen LogP contribution in [0.1, 0.15) is 36.2 Å². The van der Waals surface area contributed by atoms with Gasteiger partial charge in [0, 0.05) is 23.2 Å². The van der Waals surface area contributed by atoms with Crippen LogP contribution in [-0.2, 0) is 6.18 Å². The van der Waals surface area contributed by atoms with Gasteiger partial charge >= 0.3 is 6.18 Å². The lowest BCUT2D eigenvalue weighted by atomic mass is 10.1. The van der Waals surface area contributed by atoms with Gasteiger partial charge in [-0.05, 0) is 12.5 Å². The molecule has 0 fully saturated rings. The number of Topliss-reactive ketones (excluding diaryl/α,β-unsaturated/α-hetero) is 1. The zero-order valence-corrected chi connectivity index (χ0v) is 10.9. The fourth-order valence-electron chi connectivity index (χ4n) is 1.28. The van der Waals surface area contributed by atoms with Gasteiger partial charge in [-0.1, -0.05) is 13.8 Å². The van der Waals surface area contributed by atoms with E-state index in [4.69, 9.17) is 0 Å². The van der Waals surface area contributed by atoms with E-state index in [0.29, 0.717) is 0 Å². The number of thioether (sulfide) groups is 1. The minimum Gasteiger partial charge on any atom is -0.293 e. The number of carbonyl (C=O) groups is 1. The van der Waals surface area contributed by atoms with Crippen molar-refractivity contribution in [3.05, 3.63) is 29.6 Å². The summed E-state index contributed by atoms with van der Waals surface area (Å²) in [6.45, 7) is 3.90. The fraction of sp³-hybridized carbons (Fsp3) is 0.500. The zero-order valence-electron chi connectivity index (χ0n) is 10.1. The average Bonchev–Trinajstić information content (AvgIpc) is 2.34. The molecule has 6 heteroatoms. The Kier molecular flexibility index (Phi) is 5.19. The summed E-state index contributed by atoms with van der Waals surface area (Å²) < 4.78 is 38.1. The fourth-order valence-corrected chi connectivity index (χ4v) is 2.10. The summed E-state index contributed by atoms with van der Waals surface area (Å²) in [5.41, 5.74) is -1.26. The molecule has 0 radical (unpaired) electrons. The van der Waals surface area contributed by atoms with Crippen LogP contribution in [0.2, 0.25) is 0 Å². The van der Waals surface area contributed by atoms with E-state index in [-0.39, 0.29) is 16.6 Å². The highest BCUT2D eigenvalue weighted by atomic mass is 32.2. The molecule has 1 rings (SSSR count). The van der Waals surface area contributed by atoms with E-state index in [2.05, 4.69) is 4.98 Å². The second-order valence-electron chi connectivity index (χ2n) is 3.87. The van der Waals surface area contributed by atoms with Gasteiger partial charge in [0.1, 0.15) is 0 Å². The summed E-state index contributed by atoms with van der Waals surface area (Å²) >= 11 is 1.35. The van der Waals surface area contributed by atoms with Crippen LogP contribution < -0.4 is 0 Å². The van der Waals surface area contributed by atoms with Gasteiger partial charge in [0.2, 0.25) is 0 Å². The molecule has 0 aliphatic carbocycles. The Morgan fingerprint density at radius 1 is 1.50 bits per heavy atom. The molecule has 1 atom stereocenters. The Balaban J connectivity index is 2.86. The maximum Gasteiger partial charge on any atom is 0.417 e. The van der Waals surface area contributed by atoms with E-state index in [9.17, 15) is 18.0 Å². The number of hydrogen-bond donors (Lipinski definition) is 0. The van der Waals surface area contributed by atoms with Crippen molar-refractivity contribution in [2.45, 2.75) is 31.7 Å². The first-order valence-corrected chi connectivity index (χ1v) is 6.57. The summed E-state index contributed by atoms with van der Waals surface area (Å²) in [7, 11) is 0. The van der Waals surface area contributed by atoms with Gasteiger partial charge in [0.25, 0.3) is 0 Å². The third kappa shape index (κ3) is 4.01. The molecule has 0 amide bonds. The molecular weight excluding hydrogens is 263 g/mol. The van der Waals surface area contributed by atoms with Crippen molar-refractivity contribution in [2.75, 3.05) is 5.75 Å². The average molecular weight is 277 g/mol. The smallest absolute Gasteiger partial charge is 0.293 e. The van der Waals surface area contributed by atoms with Crippen LogP contribution in [-0.4, -0.2) is 21.8 Å². The van der Waals surface area contributed by atoms with Gasteiger partial charge in [0.15, 0.2) is 5.78 Å². The number of nitrogens with zero attached hydrogens (tertiary/aromatic N) is 1. The van der Waals surface area contributed by atoms with Crippen LogP contribution in [0.15, 0.2) is 18.5 Å². The van der Waals surface area contributed by atoms with Gasteiger partial charge in [-0.2, -0.15) is 24.9 Å². The maximum absolute atomic E-state index is 12.7. The van der Waals surface area contributed by atoms with Crippen LogP contribution in [0, 0.1) is 0 Å². The van der Waals surface area contributed by atoms with Gasteiger partial charge in [-0.25, -0.2) is 0 Å². The molecule has 1 aromatic heterocycles. The molecule has 0 N–H and O–H groups in total. The lowest BCUT2D eigenvalue weighted by Crippen LogP contribution is -2.15. The van der Waals surface area contributed by atoms with Crippen LogP contribution >= 0.6 is 11.8 Å². The first kappa shape index (κ1) is 15.0. The Labute approximate surface area is 108 Å². The molecule has 1 heterocycles. The van der Waals surface area contributed by atoms with Crippen molar-refractivity contribution in [3.8, 4) is 0 Å². The van der Waals surface area contributed by atoms with Crippen LogP contribution in [0.3, 0.4) is 0 Å². The van der Waals surface area contributed by atoms with Gasteiger partial charge in [-0.15, -0.1) is 0 Å². The number of halogens is 3. The summed E-state index contributed by atoms with van der Waals surface area (Å²) in [5.74, 6) is -0.482. The number of ketones is 1. The third-order valence-electron chi connectivity index (χ3n) is 2.50. The molecular formula is C12H14F3NOS. The van der Waals surface area contributed by atoms with E-state index < -0.39 is 17.5 Å². The molecule has 0 saturated heterocycles. The molecule has 0 spiro atoms. The lowest BCUT2D eigenvalue weighted by molar-refractivity contribution is -0.138. The van der Waals surface area contributed by atoms with Crippen LogP contribution in [0.25, 0.3) is 0 Å². The maximum atomic E-state index is 12.7. The number of aromatic nitrogens is 1. The summed E-state index contributed by atoms with van der Waals surface area (Å²) in [4.78, 5) is 15.4. The van der Waals surface area contributed by atoms with Gasteiger partial charge in [-0.3, -0.25) is 9.78 Å². The van der Waals surface area contributed by atoms with E-state index >= 15 is 0 Å². The van der Waals surface area contributed by atoms with Crippen molar-refractivity contribution in [1.82, 2.24) is 4.98 Å². The second-order valence-corrected chi connectivity index (χ2v) is 5.30. The normalized spacial score (nSPS) is 13.4. The molecule has 0 bridgehead atoms. The minimum absolute atomic E-state index is 0.0454. The standard InChI is InChI=1S/C12H14F3NOS/c1-3-8(2)18-7-11(17)9-6-16-5-4-10(9)12(13,14)15/h4-6,8H,3,7H2,1-2H3. The predicted molar refractivity (Wildman–Crippen MR) is 65.8 cm³/mol. The number of rotatable bonds is 5. The first-order valence-electron chi connectivity index (χ1n) is 5.52. The molecule has 0 saturated carbocycles. The molecule has 100 valence electrons. The van der Waals surface area contributed by atoms with Gasteiger partial charge < -0.3 is 0 Å². The Morgan fingerprint density at radius 2 is 2.17 bits per heavy atom. The third-order valence-corrected chi connectivity index (χ3v) is 3.83. The number of alkyl halides is 3. The first-order chi connectivity index (χ1) is 8.36. The van der Waals surface area contributed by atoms with Crippen LogP contribution in [0.5, 0.6) is 0 Å². The van der Waals surface area contributed by atoms with Crippen LogP contribution in [0.4, 0.5) is 13.2 Å². The molecule has 0 aromatic carbocycles. The SMILES string of the molecule is CCC(C)SCC(=O)c1cnccc1C(F)(F)F. The van der Waals surface area contributed by atoms with Crippen molar-refractivity contribution in [1.29, 1.82) is 0 Å². The molecule has 1 aromatic rings. The number of carbonyl (C=O) groups excluding carboxylic acids is 1. The Bertz CT molecular complexity index is 420. The largest absolute Gasteiger partial charge is 0.417 e. The second kappa shape index (κ2) is 6.22. The van der Waals surface area contributed by atoms with E-state index in [0.717, 1.165) is 24.9 Å². The van der Waals surface area contributed by atoms with Crippen molar-refractivity contribution < 1.29 is 18.0 Å². The van der Waals surface area contributed by atoms with Crippen molar-refractivity contribution in [3.63, 3.8) is 0 Å². The van der Waals surface area contributed by atoms with E-state index in [1.807, 2.05) is 13.8 Å². The quantitative estimate of drug-likeness (QED) is 0.766. The molecule has 18 heavy (non-hydrogen) atoms. The Hall–Kier alpha value is -1.04. The predicted octanol–water partition coefficient (Wildman–Crippen LogP) is 3.81. The number of pyridine rings is 1. The van der Waals surface area contributed by atoms with Gasteiger partial charge in [0.05, 0.1) is 11.3 Å². The summed E-state index contributed by atoms with van der Waals surface area (Å²) in [6, 6.07) is 0.834. The monoisotopic (exact) mass is 277 g/mol. The highest BCUT2D eigenvalue weighted by Gasteiger charge is 2.35. The highest BCUT2D eigenvalue weighted by Crippen LogP contribution is 2.32. The minimum atomic E-state index is -4.52. The molecule has 2 nitrogen and oxygen atoms in total. The molecule has 0 aliphatic heterocycles. The summed E-state index contributed by atoms with van der Waals surface area (Å²) in [6.07, 6.45) is -1.62. The summed E-state index contributed by atoms with van der Waals surface area (Å²) in [5, 5.41) is 0.250. The molecule has 1 unspecified atom stereocenters. The zero-order chi connectivity index (χ0) is 13.8. The van der Waals surface area contributed by atoms with E-state index in [1.165, 1.54) is 11.8 Å². The molecule has 0 aliphatic rings. The van der Waals surface area contributed by atoms with E-state index in [1.54, 1.807) is 0 Å². The van der Waals surface area contributed by atoms with Crippen molar-refractivity contribution >= 4 is 17.5 Å². The Morgan fingerprint density at radius 3 is 2.72 bits per heavy atom. The van der Waals surface area contributed by atoms with Crippen molar-refractivity contribution in [2.24, 2.45) is 0 Å². The topological polar surface area (TPSA) is 30.0 Å². The highest BCUT2D eigenvalue weighted by molar-refractivity contribution is 8.00. The lowest BCUT2D eigenvalue weighted by Gasteiger charge is -2.12.